The fourth-order valence-electron chi connectivity index (χ4n) is 4.62. The van der Waals surface area contributed by atoms with Gasteiger partial charge in [-0.05, 0) is 23.1 Å². The van der Waals surface area contributed by atoms with Crippen LogP contribution in [0.1, 0.15) is 63.0 Å². The number of hydrazine groups is 1. The predicted molar refractivity (Wildman–Crippen MR) is 119 cm³/mol. The molecule has 2 heterocycles. The van der Waals surface area contributed by atoms with Crippen LogP contribution in [0.5, 0.6) is 0 Å². The minimum atomic E-state index is -0.545. The average molecular weight is 419 g/mol. The second kappa shape index (κ2) is 7.65. The van der Waals surface area contributed by atoms with E-state index in [1.54, 1.807) is 23.3 Å². The summed E-state index contributed by atoms with van der Waals surface area (Å²) in [4.78, 5) is 25.9. The molecule has 2 atom stereocenters. The van der Waals surface area contributed by atoms with Gasteiger partial charge in [-0.2, -0.15) is 0 Å². The molecule has 5 nitrogen and oxygen atoms in total. The summed E-state index contributed by atoms with van der Waals surface area (Å²) in [5, 5.41) is 3.87. The van der Waals surface area contributed by atoms with Crippen molar-refractivity contribution in [2.24, 2.45) is 10.8 Å². The molecule has 2 aliphatic heterocycles. The van der Waals surface area contributed by atoms with E-state index < -0.39 is 11.4 Å². The molecule has 4 rings (SSSR count). The molecule has 0 unspecified atom stereocenters. The number of esters is 1. The first kappa shape index (κ1) is 21.3. The molecule has 0 aliphatic carbocycles. The summed E-state index contributed by atoms with van der Waals surface area (Å²) in [6, 6.07) is 19.0. The highest BCUT2D eigenvalue weighted by Gasteiger charge is 2.55. The predicted octanol–water partition coefficient (Wildman–Crippen LogP) is 5.33. The van der Waals surface area contributed by atoms with Gasteiger partial charge < -0.3 is 4.74 Å². The third kappa shape index (κ3) is 3.79. The zero-order valence-corrected chi connectivity index (χ0v) is 18.8. The third-order valence-electron chi connectivity index (χ3n) is 6.34. The Kier molecular flexibility index (Phi) is 5.26. The Hall–Kier alpha value is -2.92. The number of hydrogen-bond donors (Lipinski definition) is 0. The van der Waals surface area contributed by atoms with Crippen LogP contribution in [0.3, 0.4) is 0 Å². The van der Waals surface area contributed by atoms with E-state index in [0.29, 0.717) is 17.7 Å². The molecule has 2 aliphatic rings. The fourth-order valence-corrected chi connectivity index (χ4v) is 4.62. The van der Waals surface area contributed by atoms with Crippen molar-refractivity contribution >= 4 is 11.9 Å². The van der Waals surface area contributed by atoms with Crippen LogP contribution < -0.4 is 0 Å². The van der Waals surface area contributed by atoms with Crippen LogP contribution in [0.15, 0.2) is 72.6 Å². The Balaban J connectivity index is 1.80. The van der Waals surface area contributed by atoms with Crippen LogP contribution in [-0.4, -0.2) is 27.9 Å². The molecular formula is C26H30N2O3. The maximum Gasteiger partial charge on any atom is 0.343 e. The minimum Gasteiger partial charge on any atom is -0.425 e. The summed E-state index contributed by atoms with van der Waals surface area (Å²) >= 11 is 0. The molecular weight excluding hydrogens is 388 g/mol. The van der Waals surface area contributed by atoms with Crippen LogP contribution in [0, 0.1) is 10.8 Å². The molecule has 0 radical (unpaired) electrons. The standard InChI is InChI=1S/C26H30N2O3/c1-25(2,3)20-16-22(29)27-17-21(31-24(30)19-14-10-7-11-15-19)26(4,5)23(28(20)27)18-12-8-6-9-13-18/h6-15,17,20,23H,16H2,1-5H3/t20-,23-/m0/s1. The van der Waals surface area contributed by atoms with Crippen molar-refractivity contribution in [3.05, 3.63) is 83.7 Å². The Morgan fingerprint density at radius 3 is 2.16 bits per heavy atom. The summed E-state index contributed by atoms with van der Waals surface area (Å²) in [6.45, 7) is 10.7. The highest BCUT2D eigenvalue weighted by atomic mass is 16.5. The monoisotopic (exact) mass is 418 g/mol. The molecule has 1 amide bonds. The molecule has 162 valence electrons. The average Bonchev–Trinajstić information content (AvgIpc) is 3.05. The van der Waals surface area contributed by atoms with Gasteiger partial charge >= 0.3 is 5.97 Å². The Morgan fingerprint density at radius 1 is 1.00 bits per heavy atom. The van der Waals surface area contributed by atoms with Crippen molar-refractivity contribution in [1.29, 1.82) is 0 Å². The van der Waals surface area contributed by atoms with Crippen LogP contribution in [0.2, 0.25) is 0 Å². The largest absolute Gasteiger partial charge is 0.425 e. The van der Waals surface area contributed by atoms with Crippen LogP contribution in [-0.2, 0) is 9.53 Å². The molecule has 1 fully saturated rings. The van der Waals surface area contributed by atoms with Crippen molar-refractivity contribution in [1.82, 2.24) is 10.0 Å². The van der Waals surface area contributed by atoms with E-state index in [4.69, 9.17) is 4.74 Å². The van der Waals surface area contributed by atoms with Gasteiger partial charge in [0.1, 0.15) is 5.76 Å². The van der Waals surface area contributed by atoms with Crippen molar-refractivity contribution in [2.45, 2.75) is 53.1 Å². The van der Waals surface area contributed by atoms with Gasteiger partial charge in [-0.1, -0.05) is 83.1 Å². The molecule has 1 saturated heterocycles. The molecule has 0 aromatic heterocycles. The van der Waals surface area contributed by atoms with E-state index in [2.05, 4.69) is 51.8 Å². The molecule has 5 heteroatoms. The topological polar surface area (TPSA) is 49.9 Å². The molecule has 2 aromatic carbocycles. The normalized spacial score (nSPS) is 23.3. The maximum absolute atomic E-state index is 13.1. The smallest absolute Gasteiger partial charge is 0.343 e. The fraction of sp³-hybridized carbons (Fsp3) is 0.385. The number of ether oxygens (including phenoxy) is 1. The van der Waals surface area contributed by atoms with Gasteiger partial charge in [0, 0.05) is 17.9 Å². The zero-order chi connectivity index (χ0) is 22.4. The van der Waals surface area contributed by atoms with Gasteiger partial charge in [0.15, 0.2) is 0 Å². The van der Waals surface area contributed by atoms with Crippen molar-refractivity contribution < 1.29 is 14.3 Å². The number of rotatable bonds is 3. The van der Waals surface area contributed by atoms with E-state index in [1.165, 1.54) is 0 Å². The van der Waals surface area contributed by atoms with Crippen LogP contribution >= 0.6 is 0 Å². The van der Waals surface area contributed by atoms with Crippen molar-refractivity contribution in [2.75, 3.05) is 0 Å². The number of carbonyl (C=O) groups excluding carboxylic acids is 2. The first-order valence-corrected chi connectivity index (χ1v) is 10.8. The summed E-state index contributed by atoms with van der Waals surface area (Å²) in [7, 11) is 0. The minimum absolute atomic E-state index is 0.0182. The lowest BCUT2D eigenvalue weighted by Crippen LogP contribution is -2.54. The number of hydrogen-bond acceptors (Lipinski definition) is 4. The Labute approximate surface area is 184 Å². The van der Waals surface area contributed by atoms with Crippen molar-refractivity contribution in [3.63, 3.8) is 0 Å². The quantitative estimate of drug-likeness (QED) is 0.632. The van der Waals surface area contributed by atoms with E-state index in [0.717, 1.165) is 5.56 Å². The van der Waals surface area contributed by atoms with Gasteiger partial charge in [0.05, 0.1) is 17.8 Å². The zero-order valence-electron chi connectivity index (χ0n) is 18.8. The Morgan fingerprint density at radius 2 is 1.58 bits per heavy atom. The van der Waals surface area contributed by atoms with Gasteiger partial charge in [-0.15, -0.1) is 0 Å². The second-order valence-electron chi connectivity index (χ2n) is 9.99. The van der Waals surface area contributed by atoms with Crippen LogP contribution in [0.4, 0.5) is 0 Å². The lowest BCUT2D eigenvalue weighted by Gasteiger charge is -2.51. The van der Waals surface area contributed by atoms with Gasteiger partial charge in [0.25, 0.3) is 0 Å². The molecule has 0 spiro atoms. The SMILES string of the molecule is CC(C)(C)[C@@H]1CC(=O)N2C=C(OC(=O)c3ccccc3)C(C)(C)[C@H](c3ccccc3)N12. The number of nitrogens with zero attached hydrogens (tertiary/aromatic N) is 2. The number of benzene rings is 2. The van der Waals surface area contributed by atoms with Gasteiger partial charge in [-0.25, -0.2) is 14.8 Å². The van der Waals surface area contributed by atoms with E-state index in [9.17, 15) is 9.59 Å². The third-order valence-corrected chi connectivity index (χ3v) is 6.34. The van der Waals surface area contributed by atoms with E-state index >= 15 is 0 Å². The highest BCUT2D eigenvalue weighted by molar-refractivity contribution is 5.90. The summed E-state index contributed by atoms with van der Waals surface area (Å²) in [5.74, 6) is 0.0955. The number of fused-ring (bicyclic) bond motifs is 1. The lowest BCUT2D eigenvalue weighted by atomic mass is 9.75. The number of amides is 1. The molecule has 0 saturated carbocycles. The summed E-state index contributed by atoms with van der Waals surface area (Å²) in [6.07, 6.45) is 2.15. The van der Waals surface area contributed by atoms with Crippen molar-refractivity contribution in [3.8, 4) is 0 Å². The molecule has 0 bridgehead atoms. The molecule has 0 N–H and O–H groups in total. The highest BCUT2D eigenvalue weighted by Crippen LogP contribution is 2.53. The second-order valence-corrected chi connectivity index (χ2v) is 9.99. The van der Waals surface area contributed by atoms with Crippen LogP contribution in [0.25, 0.3) is 0 Å². The first-order valence-electron chi connectivity index (χ1n) is 10.8. The van der Waals surface area contributed by atoms with Gasteiger partial charge in [0.2, 0.25) is 5.91 Å². The number of carbonyl (C=O) groups is 2. The molecule has 2 aromatic rings. The first-order chi connectivity index (χ1) is 14.6. The lowest BCUT2D eigenvalue weighted by molar-refractivity contribution is -0.147. The van der Waals surface area contributed by atoms with Gasteiger partial charge in [-0.3, -0.25) is 4.79 Å². The van der Waals surface area contributed by atoms with E-state index in [1.807, 2.05) is 36.4 Å². The summed E-state index contributed by atoms with van der Waals surface area (Å²) < 4.78 is 5.92. The Bertz CT molecular complexity index is 1010. The maximum atomic E-state index is 13.1. The summed E-state index contributed by atoms with van der Waals surface area (Å²) in [5.41, 5.74) is 0.928. The van der Waals surface area contributed by atoms with E-state index in [-0.39, 0.29) is 23.4 Å². The molecule has 31 heavy (non-hydrogen) atoms.